The number of carbonyl (C=O) groups is 1. The predicted molar refractivity (Wildman–Crippen MR) is 97.8 cm³/mol. The zero-order valence-electron chi connectivity index (χ0n) is 14.3. The van der Waals surface area contributed by atoms with Gasteiger partial charge in [-0.25, -0.2) is 4.39 Å². The molecule has 1 atom stereocenters. The van der Waals surface area contributed by atoms with Crippen LogP contribution in [-0.4, -0.2) is 5.91 Å². The summed E-state index contributed by atoms with van der Waals surface area (Å²) in [7, 11) is 0. The maximum atomic E-state index is 14.0. The molecule has 0 saturated carbocycles. The highest BCUT2D eigenvalue weighted by Gasteiger charge is 2.33. The third-order valence-electron chi connectivity index (χ3n) is 4.67. The van der Waals surface area contributed by atoms with E-state index in [1.165, 1.54) is 6.07 Å². The van der Waals surface area contributed by atoms with Crippen molar-refractivity contribution >= 4 is 5.91 Å². The maximum absolute atomic E-state index is 14.0. The maximum Gasteiger partial charge on any atom is 0.232 e. The van der Waals surface area contributed by atoms with E-state index in [4.69, 9.17) is 4.74 Å². The Morgan fingerprint density at radius 3 is 2.08 bits per heavy atom. The van der Waals surface area contributed by atoms with Gasteiger partial charge in [0.1, 0.15) is 17.3 Å². The first-order valence-electron chi connectivity index (χ1n) is 8.55. The number of fused-ring (bicyclic) bond motifs is 2. The fourth-order valence-electron chi connectivity index (χ4n) is 3.39. The number of benzene rings is 3. The van der Waals surface area contributed by atoms with Crippen molar-refractivity contribution in [2.24, 2.45) is 0 Å². The normalized spacial score (nSPS) is 13.9. The number of amides is 1. The van der Waals surface area contributed by atoms with Crippen LogP contribution in [0.25, 0.3) is 0 Å². The minimum Gasteiger partial charge on any atom is -0.457 e. The number of nitrogens with one attached hydrogen (secondary N) is 1. The number of hydrogen-bond donors (Lipinski definition) is 1. The van der Waals surface area contributed by atoms with Crippen LogP contribution in [0, 0.1) is 5.82 Å². The smallest absolute Gasteiger partial charge is 0.232 e. The van der Waals surface area contributed by atoms with Crippen LogP contribution in [0.2, 0.25) is 0 Å². The van der Waals surface area contributed by atoms with Crippen molar-refractivity contribution in [3.05, 3.63) is 95.3 Å². The molecule has 1 amide bonds. The monoisotopic (exact) mass is 347 g/mol. The number of halogens is 1. The molecular weight excluding hydrogens is 329 g/mol. The number of para-hydroxylation sites is 2. The van der Waals surface area contributed by atoms with Gasteiger partial charge in [-0.2, -0.15) is 0 Å². The Morgan fingerprint density at radius 1 is 0.923 bits per heavy atom. The van der Waals surface area contributed by atoms with Gasteiger partial charge in [0.15, 0.2) is 0 Å². The Kier molecular flexibility index (Phi) is 4.17. The Bertz CT molecular complexity index is 924. The van der Waals surface area contributed by atoms with Crippen LogP contribution in [0.15, 0.2) is 72.8 Å². The van der Waals surface area contributed by atoms with E-state index in [-0.39, 0.29) is 11.7 Å². The molecule has 0 spiro atoms. The molecule has 3 aromatic rings. The molecule has 1 heterocycles. The minimum absolute atomic E-state index is 0.177. The van der Waals surface area contributed by atoms with E-state index in [1.807, 2.05) is 48.5 Å². The second-order valence-electron chi connectivity index (χ2n) is 6.36. The van der Waals surface area contributed by atoms with Gasteiger partial charge in [-0.05, 0) is 25.1 Å². The molecular formula is C22H18FNO2. The van der Waals surface area contributed by atoms with Gasteiger partial charge in [-0.1, -0.05) is 54.6 Å². The molecule has 1 unspecified atom stereocenters. The van der Waals surface area contributed by atoms with Crippen molar-refractivity contribution in [3.63, 3.8) is 0 Å². The number of ether oxygens (including phenoxy) is 1. The van der Waals surface area contributed by atoms with Gasteiger partial charge in [0.05, 0.1) is 12.0 Å². The summed E-state index contributed by atoms with van der Waals surface area (Å²) in [5.41, 5.74) is 2.09. The lowest BCUT2D eigenvalue weighted by Crippen LogP contribution is -2.33. The number of hydrogen-bond acceptors (Lipinski definition) is 2. The number of rotatable bonds is 3. The first-order chi connectivity index (χ1) is 12.6. The molecule has 1 aliphatic heterocycles. The topological polar surface area (TPSA) is 38.3 Å². The van der Waals surface area contributed by atoms with Crippen molar-refractivity contribution in [2.75, 3.05) is 0 Å². The average molecular weight is 347 g/mol. The molecule has 130 valence electrons. The summed E-state index contributed by atoms with van der Waals surface area (Å²) in [5.74, 6) is 0.345. The molecule has 1 aliphatic rings. The van der Waals surface area contributed by atoms with Gasteiger partial charge in [0.25, 0.3) is 0 Å². The molecule has 0 saturated heterocycles. The molecule has 3 nitrogen and oxygen atoms in total. The zero-order chi connectivity index (χ0) is 18.1. The second-order valence-corrected chi connectivity index (χ2v) is 6.36. The SMILES string of the molecule is CC(NC(=O)C1c2ccccc2Oc2ccccc21)c1ccccc1F. The van der Waals surface area contributed by atoms with E-state index in [0.717, 1.165) is 11.1 Å². The first kappa shape index (κ1) is 16.3. The van der Waals surface area contributed by atoms with E-state index < -0.39 is 12.0 Å². The Balaban J connectivity index is 1.69. The largest absolute Gasteiger partial charge is 0.457 e. The van der Waals surface area contributed by atoms with E-state index in [0.29, 0.717) is 17.1 Å². The van der Waals surface area contributed by atoms with E-state index in [9.17, 15) is 9.18 Å². The lowest BCUT2D eigenvalue weighted by Gasteiger charge is -2.28. The van der Waals surface area contributed by atoms with Crippen molar-refractivity contribution < 1.29 is 13.9 Å². The van der Waals surface area contributed by atoms with Gasteiger partial charge in [0, 0.05) is 16.7 Å². The van der Waals surface area contributed by atoms with Gasteiger partial charge in [-0.15, -0.1) is 0 Å². The Hall–Kier alpha value is -3.14. The van der Waals surface area contributed by atoms with E-state index in [1.54, 1.807) is 25.1 Å². The molecule has 0 fully saturated rings. The first-order valence-corrected chi connectivity index (χ1v) is 8.55. The highest BCUT2D eigenvalue weighted by molar-refractivity contribution is 5.89. The molecule has 0 radical (unpaired) electrons. The average Bonchev–Trinajstić information content (AvgIpc) is 2.66. The van der Waals surface area contributed by atoms with Crippen LogP contribution in [0.1, 0.15) is 35.6 Å². The minimum atomic E-state index is -0.495. The summed E-state index contributed by atoms with van der Waals surface area (Å²) in [4.78, 5) is 13.1. The highest BCUT2D eigenvalue weighted by atomic mass is 19.1. The standard InChI is InChI=1S/C22H18FNO2/c1-14(15-8-2-5-11-18(15)23)24-22(25)21-16-9-3-6-12-19(16)26-20-13-7-4-10-17(20)21/h2-14,21H,1H3,(H,24,25). The third kappa shape index (κ3) is 2.84. The lowest BCUT2D eigenvalue weighted by molar-refractivity contribution is -0.122. The second kappa shape index (κ2) is 6.64. The summed E-state index contributed by atoms with van der Waals surface area (Å²) in [6.07, 6.45) is 0. The van der Waals surface area contributed by atoms with Gasteiger partial charge < -0.3 is 10.1 Å². The van der Waals surface area contributed by atoms with Crippen LogP contribution in [0.5, 0.6) is 11.5 Å². The fourth-order valence-corrected chi connectivity index (χ4v) is 3.39. The summed E-state index contributed by atoms with van der Waals surface area (Å²) in [6.45, 7) is 1.79. The van der Waals surface area contributed by atoms with E-state index >= 15 is 0 Å². The van der Waals surface area contributed by atoms with Crippen molar-refractivity contribution in [1.29, 1.82) is 0 Å². The Morgan fingerprint density at radius 2 is 1.46 bits per heavy atom. The Labute approximate surface area is 151 Å². The highest BCUT2D eigenvalue weighted by Crippen LogP contribution is 2.44. The molecule has 4 heteroatoms. The summed E-state index contributed by atoms with van der Waals surface area (Å²) in [6, 6.07) is 21.1. The van der Waals surface area contributed by atoms with Crippen LogP contribution >= 0.6 is 0 Å². The van der Waals surface area contributed by atoms with Crippen molar-refractivity contribution in [3.8, 4) is 11.5 Å². The number of carbonyl (C=O) groups excluding carboxylic acids is 1. The van der Waals surface area contributed by atoms with Gasteiger partial charge in [-0.3, -0.25) is 4.79 Å². The van der Waals surface area contributed by atoms with Gasteiger partial charge >= 0.3 is 0 Å². The molecule has 26 heavy (non-hydrogen) atoms. The van der Waals surface area contributed by atoms with Crippen LogP contribution < -0.4 is 10.1 Å². The fraction of sp³-hybridized carbons (Fsp3) is 0.136. The molecule has 1 N–H and O–H groups in total. The van der Waals surface area contributed by atoms with E-state index in [2.05, 4.69) is 5.32 Å². The van der Waals surface area contributed by atoms with Crippen LogP contribution in [0.3, 0.4) is 0 Å². The molecule has 0 bridgehead atoms. The summed E-state index contributed by atoms with van der Waals surface area (Å²) < 4.78 is 20.0. The van der Waals surface area contributed by atoms with Crippen molar-refractivity contribution in [2.45, 2.75) is 18.9 Å². The predicted octanol–water partition coefficient (Wildman–Crippen LogP) is 4.94. The molecule has 4 rings (SSSR count). The van der Waals surface area contributed by atoms with Gasteiger partial charge in [0.2, 0.25) is 5.91 Å². The summed E-state index contributed by atoms with van der Waals surface area (Å²) in [5, 5.41) is 2.95. The quantitative estimate of drug-likeness (QED) is 0.729. The third-order valence-corrected chi connectivity index (χ3v) is 4.67. The zero-order valence-corrected chi connectivity index (χ0v) is 14.3. The summed E-state index contributed by atoms with van der Waals surface area (Å²) >= 11 is 0. The molecule has 0 aliphatic carbocycles. The van der Waals surface area contributed by atoms with Crippen LogP contribution in [0.4, 0.5) is 4.39 Å². The van der Waals surface area contributed by atoms with Crippen molar-refractivity contribution in [1.82, 2.24) is 5.32 Å². The molecule has 0 aromatic heterocycles. The molecule has 3 aromatic carbocycles. The lowest BCUT2D eigenvalue weighted by atomic mass is 9.87. The van der Waals surface area contributed by atoms with Crippen LogP contribution in [-0.2, 0) is 4.79 Å².